The van der Waals surface area contributed by atoms with E-state index in [1.165, 1.54) is 11.3 Å². The van der Waals surface area contributed by atoms with Crippen molar-refractivity contribution in [1.29, 1.82) is 0 Å². The average molecular weight is 311 g/mol. The highest BCUT2D eigenvalue weighted by atomic mass is 32.1. The van der Waals surface area contributed by atoms with Crippen LogP contribution in [0.3, 0.4) is 0 Å². The van der Waals surface area contributed by atoms with Crippen LogP contribution >= 0.6 is 11.3 Å². The first-order valence-electron chi connectivity index (χ1n) is 5.90. The molecule has 1 aromatic heterocycles. The molecule has 112 valence electrons. The van der Waals surface area contributed by atoms with Crippen LogP contribution in [0.25, 0.3) is 10.2 Å². The Morgan fingerprint density at radius 1 is 1.48 bits per heavy atom. The quantitative estimate of drug-likeness (QED) is 0.650. The number of fused-ring (bicyclic) bond motifs is 1. The van der Waals surface area contributed by atoms with E-state index in [1.54, 1.807) is 25.3 Å². The van der Waals surface area contributed by atoms with Crippen LogP contribution in [0.4, 0.5) is 9.93 Å². The summed E-state index contributed by atoms with van der Waals surface area (Å²) in [5.41, 5.74) is 0.710. The summed E-state index contributed by atoms with van der Waals surface area (Å²) in [6, 6.07) is 4.68. The van der Waals surface area contributed by atoms with Crippen molar-refractivity contribution >= 4 is 38.7 Å². The molecule has 1 atom stereocenters. The number of aliphatic hydroxyl groups is 1. The second-order valence-corrected chi connectivity index (χ2v) is 5.07. The molecule has 1 unspecified atom stereocenters. The van der Waals surface area contributed by atoms with E-state index in [2.05, 4.69) is 15.6 Å². The summed E-state index contributed by atoms with van der Waals surface area (Å²) in [4.78, 5) is 26.2. The Labute approximate surface area is 123 Å². The van der Waals surface area contributed by atoms with Crippen LogP contribution in [-0.2, 0) is 4.79 Å². The third-order valence-electron chi connectivity index (χ3n) is 2.56. The number of carbonyl (C=O) groups is 2. The number of hydrogen-bond acceptors (Lipinski definition) is 6. The Hall–Kier alpha value is -2.39. The van der Waals surface area contributed by atoms with E-state index in [0.717, 1.165) is 4.70 Å². The van der Waals surface area contributed by atoms with Crippen LogP contribution in [0.5, 0.6) is 5.75 Å². The van der Waals surface area contributed by atoms with Crippen molar-refractivity contribution in [2.45, 2.75) is 6.10 Å². The topological polar surface area (TPSA) is 121 Å². The van der Waals surface area contributed by atoms with E-state index in [1.807, 2.05) is 0 Å². The minimum Gasteiger partial charge on any atom is -0.497 e. The van der Waals surface area contributed by atoms with Gasteiger partial charge in [0.25, 0.3) is 0 Å². The van der Waals surface area contributed by atoms with Crippen molar-refractivity contribution in [3.05, 3.63) is 18.2 Å². The van der Waals surface area contributed by atoms with Gasteiger partial charge in [-0.25, -0.2) is 14.6 Å². The normalized spacial score (nSPS) is 11.9. The summed E-state index contributed by atoms with van der Waals surface area (Å²) in [6.07, 6.45) is -1.64. The van der Waals surface area contributed by atoms with Crippen molar-refractivity contribution in [2.24, 2.45) is 0 Å². The van der Waals surface area contributed by atoms with Gasteiger partial charge in [0.2, 0.25) is 0 Å². The van der Waals surface area contributed by atoms with Crippen LogP contribution in [-0.4, -0.2) is 47.0 Å². The molecule has 0 aliphatic heterocycles. The molecule has 9 heteroatoms. The fraction of sp³-hybridized carbons (Fsp3) is 0.250. The molecular formula is C12H13N3O5S. The van der Waals surface area contributed by atoms with Crippen LogP contribution in [0.1, 0.15) is 0 Å². The molecule has 0 radical (unpaired) electrons. The summed E-state index contributed by atoms with van der Waals surface area (Å²) in [5, 5.41) is 22.6. The van der Waals surface area contributed by atoms with Crippen LogP contribution in [0, 0.1) is 0 Å². The molecular weight excluding hydrogens is 298 g/mol. The van der Waals surface area contributed by atoms with Crippen molar-refractivity contribution in [3.8, 4) is 5.75 Å². The number of nitrogens with one attached hydrogen (secondary N) is 2. The first-order valence-corrected chi connectivity index (χ1v) is 6.71. The Morgan fingerprint density at radius 3 is 2.90 bits per heavy atom. The second kappa shape index (κ2) is 6.37. The lowest BCUT2D eigenvalue weighted by Gasteiger charge is -2.07. The summed E-state index contributed by atoms with van der Waals surface area (Å²) in [7, 11) is 1.56. The molecule has 0 aliphatic rings. The molecule has 0 saturated carbocycles. The summed E-state index contributed by atoms with van der Waals surface area (Å²) >= 11 is 1.25. The molecule has 0 spiro atoms. The van der Waals surface area contributed by atoms with Crippen molar-refractivity contribution in [1.82, 2.24) is 10.3 Å². The van der Waals surface area contributed by atoms with Crippen LogP contribution in [0.2, 0.25) is 0 Å². The fourth-order valence-electron chi connectivity index (χ4n) is 1.50. The van der Waals surface area contributed by atoms with Gasteiger partial charge in [0.15, 0.2) is 11.2 Å². The lowest BCUT2D eigenvalue weighted by atomic mass is 10.3. The second-order valence-electron chi connectivity index (χ2n) is 4.04. The number of aromatic nitrogens is 1. The smallest absolute Gasteiger partial charge is 0.334 e. The number of rotatable bonds is 5. The number of carboxylic acid groups (broad SMARTS) is 1. The highest BCUT2D eigenvalue weighted by Gasteiger charge is 2.15. The van der Waals surface area contributed by atoms with E-state index in [-0.39, 0.29) is 6.54 Å². The van der Waals surface area contributed by atoms with Crippen molar-refractivity contribution < 1.29 is 24.5 Å². The first kappa shape index (κ1) is 15.0. The predicted octanol–water partition coefficient (Wildman–Crippen LogP) is 0.872. The Kier molecular flexibility index (Phi) is 4.55. The molecule has 0 aliphatic carbocycles. The lowest BCUT2D eigenvalue weighted by Crippen LogP contribution is -2.38. The van der Waals surface area contributed by atoms with Crippen molar-refractivity contribution in [2.75, 3.05) is 19.0 Å². The molecule has 8 nitrogen and oxygen atoms in total. The minimum atomic E-state index is -1.64. The monoisotopic (exact) mass is 311 g/mol. The standard InChI is InChI=1S/C12H13N3O5S/c1-20-6-2-3-7-9(4-6)21-12(14-7)15-11(19)13-5-8(16)10(17)18/h2-4,8,16H,5H2,1H3,(H,17,18)(H2,13,14,15,19). The summed E-state index contributed by atoms with van der Waals surface area (Å²) in [6.45, 7) is -0.389. The number of aliphatic carboxylic acids is 1. The van der Waals surface area contributed by atoms with Gasteiger partial charge in [-0.3, -0.25) is 5.32 Å². The maximum atomic E-state index is 11.6. The molecule has 21 heavy (non-hydrogen) atoms. The summed E-state index contributed by atoms with van der Waals surface area (Å²) < 4.78 is 5.94. The third kappa shape index (κ3) is 3.80. The van der Waals surface area contributed by atoms with E-state index < -0.39 is 18.1 Å². The molecule has 2 amide bonds. The number of nitrogens with zero attached hydrogens (tertiary/aromatic N) is 1. The molecule has 2 rings (SSSR count). The number of hydrogen-bond donors (Lipinski definition) is 4. The molecule has 2 aromatic rings. The largest absolute Gasteiger partial charge is 0.497 e. The lowest BCUT2D eigenvalue weighted by molar-refractivity contribution is -0.146. The van der Waals surface area contributed by atoms with Gasteiger partial charge >= 0.3 is 12.0 Å². The van der Waals surface area contributed by atoms with Gasteiger partial charge in [0.05, 0.1) is 23.9 Å². The fourth-order valence-corrected chi connectivity index (χ4v) is 2.39. The number of ether oxygens (including phenoxy) is 1. The highest BCUT2D eigenvalue weighted by Crippen LogP contribution is 2.28. The Bertz CT molecular complexity index is 672. The average Bonchev–Trinajstić information content (AvgIpc) is 2.85. The predicted molar refractivity (Wildman–Crippen MR) is 76.8 cm³/mol. The van der Waals surface area contributed by atoms with Gasteiger partial charge in [-0.15, -0.1) is 0 Å². The van der Waals surface area contributed by atoms with Gasteiger partial charge in [-0.05, 0) is 18.2 Å². The van der Waals surface area contributed by atoms with Gasteiger partial charge < -0.3 is 20.3 Å². The molecule has 4 N–H and O–H groups in total. The van der Waals surface area contributed by atoms with Crippen molar-refractivity contribution in [3.63, 3.8) is 0 Å². The number of amides is 2. The first-order chi connectivity index (χ1) is 9.99. The third-order valence-corrected chi connectivity index (χ3v) is 3.49. The molecule has 0 fully saturated rings. The molecule has 1 aromatic carbocycles. The minimum absolute atomic E-state index is 0.362. The molecule has 0 saturated heterocycles. The maximum Gasteiger partial charge on any atom is 0.334 e. The number of aliphatic hydroxyl groups excluding tert-OH is 1. The number of thiazole rings is 1. The Balaban J connectivity index is 1.99. The maximum absolute atomic E-state index is 11.6. The molecule has 1 heterocycles. The number of anilines is 1. The van der Waals surface area contributed by atoms with Crippen LogP contribution in [0.15, 0.2) is 18.2 Å². The highest BCUT2D eigenvalue weighted by molar-refractivity contribution is 7.22. The molecule has 0 bridgehead atoms. The Morgan fingerprint density at radius 2 is 2.24 bits per heavy atom. The van der Waals surface area contributed by atoms with Gasteiger partial charge in [0, 0.05) is 0 Å². The van der Waals surface area contributed by atoms with Gasteiger partial charge in [0.1, 0.15) is 5.75 Å². The zero-order chi connectivity index (χ0) is 15.4. The SMILES string of the molecule is COc1ccc2nc(NC(=O)NCC(O)C(=O)O)sc2c1. The van der Waals surface area contributed by atoms with Crippen LogP contribution < -0.4 is 15.4 Å². The van der Waals surface area contributed by atoms with E-state index in [4.69, 9.17) is 14.9 Å². The van der Waals surface area contributed by atoms with E-state index in [0.29, 0.717) is 16.4 Å². The number of benzene rings is 1. The number of carboxylic acids is 1. The van der Waals surface area contributed by atoms with E-state index in [9.17, 15) is 9.59 Å². The number of methoxy groups -OCH3 is 1. The number of urea groups is 1. The van der Waals surface area contributed by atoms with Gasteiger partial charge in [-0.2, -0.15) is 0 Å². The van der Waals surface area contributed by atoms with Gasteiger partial charge in [-0.1, -0.05) is 11.3 Å². The number of carbonyl (C=O) groups excluding carboxylic acids is 1. The van der Waals surface area contributed by atoms with E-state index >= 15 is 0 Å². The zero-order valence-corrected chi connectivity index (χ0v) is 11.8. The summed E-state index contributed by atoms with van der Waals surface area (Å²) in [5.74, 6) is -0.714. The zero-order valence-electron chi connectivity index (χ0n) is 11.0.